The van der Waals surface area contributed by atoms with E-state index in [-0.39, 0.29) is 0 Å². The van der Waals surface area contributed by atoms with Crippen LogP contribution in [-0.4, -0.2) is 177 Å². The number of aliphatic hydroxyl groups is 13. The topological polar surface area (TPSA) is 300 Å². The van der Waals surface area contributed by atoms with Crippen molar-refractivity contribution >= 4 is 0 Å². The Morgan fingerprint density at radius 3 is 1.74 bits per heavy atom. The number of hydrogen-bond donors (Lipinski definition) is 13. The summed E-state index contributed by atoms with van der Waals surface area (Å²) in [5.74, 6) is -3.36. The summed E-state index contributed by atoms with van der Waals surface area (Å²) < 4.78 is 20.8. The molecule has 17 nitrogen and oxygen atoms in total. The first kappa shape index (κ1) is 28.9. The second-order valence-corrected chi connectivity index (χ2v) is 8.75. The third-order valence-electron chi connectivity index (χ3n) is 6.69. The molecule has 13 N–H and O–H groups in total. The molecule has 0 saturated carbocycles. The van der Waals surface area contributed by atoms with E-state index in [1.165, 1.54) is 0 Å². The summed E-state index contributed by atoms with van der Waals surface area (Å²) in [5.41, 5.74) is -3.03. The highest BCUT2D eigenvalue weighted by atomic mass is 16.8. The van der Waals surface area contributed by atoms with Crippen LogP contribution >= 0.6 is 0 Å². The predicted octanol–water partition coefficient (Wildman–Crippen LogP) is -8.86. The lowest BCUT2D eigenvalue weighted by atomic mass is 9.74. The molecule has 0 radical (unpaired) electrons. The van der Waals surface area contributed by atoms with Crippen LogP contribution in [0.5, 0.6) is 0 Å². The number of hydrogen-bond acceptors (Lipinski definition) is 17. The molecule has 0 amide bonds. The summed E-state index contributed by atoms with van der Waals surface area (Å²) in [7, 11) is 0. The molecule has 0 aromatic carbocycles. The highest BCUT2D eigenvalue weighted by Gasteiger charge is 2.71. The molecule has 0 aromatic rings. The maximum atomic E-state index is 11.2. The summed E-state index contributed by atoms with van der Waals surface area (Å²) in [6.07, 6.45) is -26.8. The zero-order valence-electron chi connectivity index (χ0n) is 18.1. The largest absolute Gasteiger partial charge is 0.394 e. The van der Waals surface area contributed by atoms with Crippen molar-refractivity contribution in [3.63, 3.8) is 0 Å². The molecule has 0 aliphatic carbocycles. The van der Waals surface area contributed by atoms with E-state index in [2.05, 4.69) is 0 Å². The van der Waals surface area contributed by atoms with Gasteiger partial charge in [-0.25, -0.2) is 0 Å². The smallest absolute Gasteiger partial charge is 0.230 e. The number of aliphatic hydroxyl groups excluding tert-OH is 12. The van der Waals surface area contributed by atoms with Crippen LogP contribution in [0, 0.1) is 0 Å². The second kappa shape index (κ2) is 10.6. The summed E-state index contributed by atoms with van der Waals surface area (Å²) in [6.45, 7) is -3.40. The fourth-order valence-corrected chi connectivity index (χ4v) is 4.51. The van der Waals surface area contributed by atoms with Crippen LogP contribution in [0.2, 0.25) is 0 Å². The molecule has 206 valence electrons. The Balaban J connectivity index is 1.99. The average Bonchev–Trinajstić information content (AvgIpc) is 2.85. The Labute approximate surface area is 197 Å². The zero-order chi connectivity index (χ0) is 26.5. The van der Waals surface area contributed by atoms with Gasteiger partial charge in [0.2, 0.25) is 5.79 Å². The van der Waals surface area contributed by atoms with Gasteiger partial charge < -0.3 is 85.3 Å². The van der Waals surface area contributed by atoms with Crippen LogP contribution in [0.1, 0.15) is 0 Å². The van der Waals surface area contributed by atoms with E-state index >= 15 is 0 Å². The Morgan fingerprint density at radius 2 is 1.20 bits per heavy atom. The van der Waals surface area contributed by atoms with E-state index in [9.17, 15) is 66.4 Å². The van der Waals surface area contributed by atoms with Crippen LogP contribution in [0.15, 0.2) is 0 Å². The van der Waals surface area contributed by atoms with Crippen molar-refractivity contribution in [2.45, 2.75) is 91.1 Å². The van der Waals surface area contributed by atoms with Gasteiger partial charge in [0.1, 0.15) is 67.1 Å². The average molecular weight is 520 g/mol. The lowest BCUT2D eigenvalue weighted by Gasteiger charge is -2.58. The Bertz CT molecular complexity index is 711. The molecule has 3 aliphatic rings. The van der Waals surface area contributed by atoms with Crippen molar-refractivity contribution in [1.82, 2.24) is 0 Å². The summed E-state index contributed by atoms with van der Waals surface area (Å²) in [4.78, 5) is 0. The minimum Gasteiger partial charge on any atom is -0.394 e. The van der Waals surface area contributed by atoms with Gasteiger partial charge >= 0.3 is 0 Å². The Morgan fingerprint density at radius 1 is 0.629 bits per heavy atom. The van der Waals surface area contributed by atoms with Gasteiger partial charge in [-0.15, -0.1) is 0 Å². The molecule has 0 aromatic heterocycles. The molecule has 3 saturated heterocycles. The second-order valence-electron chi connectivity index (χ2n) is 8.75. The molecular formula is C18H32O17. The van der Waals surface area contributed by atoms with Crippen molar-refractivity contribution in [1.29, 1.82) is 0 Å². The molecule has 15 atom stereocenters. The maximum Gasteiger partial charge on any atom is 0.230 e. The molecular weight excluding hydrogens is 488 g/mol. The minimum absolute atomic E-state index is 0.890. The fourth-order valence-electron chi connectivity index (χ4n) is 4.51. The highest BCUT2D eigenvalue weighted by Crippen LogP contribution is 2.45. The lowest BCUT2D eigenvalue weighted by molar-refractivity contribution is -0.465. The molecule has 3 fully saturated rings. The van der Waals surface area contributed by atoms with Gasteiger partial charge in [-0.05, 0) is 0 Å². The van der Waals surface area contributed by atoms with E-state index < -0.39 is 111 Å². The van der Waals surface area contributed by atoms with Gasteiger partial charge in [0.05, 0.1) is 19.8 Å². The minimum atomic E-state index is -3.36. The first-order chi connectivity index (χ1) is 16.3. The Hall–Kier alpha value is -0.680. The molecule has 3 heterocycles. The maximum absolute atomic E-state index is 11.2. The molecule has 0 spiro atoms. The van der Waals surface area contributed by atoms with Crippen molar-refractivity contribution in [3.8, 4) is 0 Å². The van der Waals surface area contributed by atoms with Crippen LogP contribution < -0.4 is 0 Å². The summed E-state index contributed by atoms with van der Waals surface area (Å²) in [5, 5.41) is 132. The molecule has 3 aliphatic heterocycles. The van der Waals surface area contributed by atoms with Crippen LogP contribution in [0.25, 0.3) is 0 Å². The SMILES string of the molecule is OCC1OC(O)([C@@]2(CO)O[C@@H](O[C@H]3[C@H](O)C(O)C(O)O[C@@H]3CO)[C@H](O)[C@@H](O)[C@H]2O)C(O)C(O)C1O. The van der Waals surface area contributed by atoms with Gasteiger partial charge in [-0.2, -0.15) is 0 Å². The molecule has 7 unspecified atom stereocenters. The van der Waals surface area contributed by atoms with E-state index in [1.807, 2.05) is 0 Å². The third kappa shape index (κ3) is 4.49. The van der Waals surface area contributed by atoms with E-state index in [4.69, 9.17) is 18.9 Å². The van der Waals surface area contributed by atoms with Gasteiger partial charge in [0.25, 0.3) is 0 Å². The van der Waals surface area contributed by atoms with E-state index in [0.717, 1.165) is 0 Å². The summed E-state index contributed by atoms with van der Waals surface area (Å²) in [6, 6.07) is 0. The number of rotatable bonds is 6. The quantitative estimate of drug-likeness (QED) is 0.155. The molecule has 0 bridgehead atoms. The van der Waals surface area contributed by atoms with Crippen molar-refractivity contribution in [3.05, 3.63) is 0 Å². The number of ether oxygens (including phenoxy) is 4. The monoisotopic (exact) mass is 520 g/mol. The predicted molar refractivity (Wildman–Crippen MR) is 102 cm³/mol. The third-order valence-corrected chi connectivity index (χ3v) is 6.69. The standard InChI is InChI=1S/C18H32O17/c19-1-4-6(22)8(24)14(29)18(31,34-4)17(3-21)13(28)9(25)11(27)16(35-17)33-12-5(2-20)32-15(30)10(26)7(12)23/h4-16,19-31H,1-3H2/t4?,5-,6?,7-,8?,9-,10?,11-,12-,13-,14?,15?,16-,17+,18?/m1/s1. The van der Waals surface area contributed by atoms with Crippen LogP contribution in [-0.2, 0) is 18.9 Å². The normalized spacial score (nSPS) is 55.6. The van der Waals surface area contributed by atoms with Gasteiger partial charge in [0, 0.05) is 0 Å². The zero-order valence-corrected chi connectivity index (χ0v) is 18.1. The van der Waals surface area contributed by atoms with Crippen molar-refractivity contribution in [2.24, 2.45) is 0 Å². The van der Waals surface area contributed by atoms with Gasteiger partial charge in [0.15, 0.2) is 18.2 Å². The van der Waals surface area contributed by atoms with E-state index in [0.29, 0.717) is 0 Å². The van der Waals surface area contributed by atoms with E-state index in [1.54, 1.807) is 0 Å². The highest BCUT2D eigenvalue weighted by molar-refractivity contribution is 5.14. The fraction of sp³-hybridized carbons (Fsp3) is 1.00. The molecule has 35 heavy (non-hydrogen) atoms. The van der Waals surface area contributed by atoms with Crippen molar-refractivity contribution in [2.75, 3.05) is 19.8 Å². The van der Waals surface area contributed by atoms with Crippen molar-refractivity contribution < 1.29 is 85.3 Å². The first-order valence-corrected chi connectivity index (χ1v) is 10.6. The van der Waals surface area contributed by atoms with Gasteiger partial charge in [-0.1, -0.05) is 0 Å². The molecule has 17 heteroatoms. The Kier molecular flexibility index (Phi) is 8.74. The summed E-state index contributed by atoms with van der Waals surface area (Å²) >= 11 is 0. The van der Waals surface area contributed by atoms with Crippen LogP contribution in [0.4, 0.5) is 0 Å². The van der Waals surface area contributed by atoms with Gasteiger partial charge in [-0.3, -0.25) is 0 Å². The molecule has 3 rings (SSSR count). The lowest BCUT2D eigenvalue weighted by Crippen LogP contribution is -2.82. The first-order valence-electron chi connectivity index (χ1n) is 10.6. The van der Waals surface area contributed by atoms with Crippen LogP contribution in [0.3, 0.4) is 0 Å².